The van der Waals surface area contributed by atoms with Crippen molar-refractivity contribution >= 4 is 14.1 Å². The number of rotatable bonds is 14. The number of aliphatic hydroxyl groups excluding tert-OH is 1. The molecule has 0 radical (unpaired) electrons. The summed E-state index contributed by atoms with van der Waals surface area (Å²) in [4.78, 5) is 13.6. The van der Waals surface area contributed by atoms with Crippen LogP contribution in [0.2, 0.25) is 18.1 Å². The Balaban J connectivity index is 2.96. The van der Waals surface area contributed by atoms with Gasteiger partial charge >= 0.3 is 0 Å². The van der Waals surface area contributed by atoms with E-state index in [-0.39, 0.29) is 46.7 Å². The largest absolute Gasteiger partial charge is 0.497 e. The zero-order valence-corrected chi connectivity index (χ0v) is 26.2. The van der Waals surface area contributed by atoms with E-state index in [1.807, 2.05) is 45.0 Å². The van der Waals surface area contributed by atoms with Crippen molar-refractivity contribution in [1.29, 1.82) is 0 Å². The molecule has 0 aliphatic carbocycles. The molecule has 0 heterocycles. The van der Waals surface area contributed by atoms with Crippen molar-refractivity contribution in [2.24, 2.45) is 29.6 Å². The Labute approximate surface area is 222 Å². The molecule has 0 aliphatic heterocycles. The van der Waals surface area contributed by atoms with Crippen molar-refractivity contribution in [2.45, 2.75) is 112 Å². The van der Waals surface area contributed by atoms with E-state index in [4.69, 9.17) is 13.9 Å². The molecule has 1 N–H and O–H groups in total. The van der Waals surface area contributed by atoms with Crippen LogP contribution in [0.1, 0.15) is 74.8 Å². The summed E-state index contributed by atoms with van der Waals surface area (Å²) in [6.45, 7) is 25.8. The number of ketones is 1. The highest BCUT2D eigenvalue weighted by Gasteiger charge is 2.43. The van der Waals surface area contributed by atoms with E-state index in [2.05, 4.69) is 61.6 Å². The molecule has 0 unspecified atom stereocenters. The molecule has 6 atom stereocenters. The third-order valence-electron chi connectivity index (χ3n) is 8.11. The van der Waals surface area contributed by atoms with Crippen molar-refractivity contribution < 1.29 is 23.8 Å². The summed E-state index contributed by atoms with van der Waals surface area (Å²) in [6.07, 6.45) is -1.16. The van der Waals surface area contributed by atoms with Crippen LogP contribution in [-0.2, 0) is 20.6 Å². The molecule has 0 bridgehead atoms. The van der Waals surface area contributed by atoms with E-state index in [1.54, 1.807) is 7.11 Å². The number of benzene rings is 1. The summed E-state index contributed by atoms with van der Waals surface area (Å²) < 4.78 is 18.3. The molecule has 5 nitrogen and oxygen atoms in total. The number of carbonyl (C=O) groups is 1. The predicted octanol–water partition coefficient (Wildman–Crippen LogP) is 7.12. The van der Waals surface area contributed by atoms with Gasteiger partial charge in [0.25, 0.3) is 0 Å². The van der Waals surface area contributed by atoms with E-state index in [0.717, 1.165) is 11.3 Å². The lowest BCUT2D eigenvalue weighted by atomic mass is 9.78. The van der Waals surface area contributed by atoms with E-state index in [0.29, 0.717) is 6.61 Å². The van der Waals surface area contributed by atoms with Gasteiger partial charge < -0.3 is 19.0 Å². The smallest absolute Gasteiger partial charge is 0.192 e. The molecule has 0 saturated carbocycles. The summed E-state index contributed by atoms with van der Waals surface area (Å²) in [5.41, 5.74) is 1.04. The van der Waals surface area contributed by atoms with Gasteiger partial charge in [-0.05, 0) is 47.7 Å². The maximum Gasteiger partial charge on any atom is 0.192 e. The van der Waals surface area contributed by atoms with Gasteiger partial charge in [-0.15, -0.1) is 0 Å². The van der Waals surface area contributed by atoms with Gasteiger partial charge in [-0.3, -0.25) is 4.79 Å². The van der Waals surface area contributed by atoms with Gasteiger partial charge in [-0.25, -0.2) is 0 Å². The summed E-state index contributed by atoms with van der Waals surface area (Å²) in [5, 5.41) is 11.4. The molecule has 1 aromatic carbocycles. The molecule has 6 heteroatoms. The summed E-state index contributed by atoms with van der Waals surface area (Å²) in [5.74, 6) is 0.257. The minimum absolute atomic E-state index is 0.0596. The van der Waals surface area contributed by atoms with Gasteiger partial charge in [0.2, 0.25) is 0 Å². The highest BCUT2D eigenvalue weighted by Crippen LogP contribution is 2.39. The fourth-order valence-corrected chi connectivity index (χ4v) is 6.10. The number of Topliss-reactive ketones (excluding diaryl/α,β-unsaturated/α-hetero) is 1. The lowest BCUT2D eigenvalue weighted by molar-refractivity contribution is -0.137. The van der Waals surface area contributed by atoms with E-state index < -0.39 is 20.3 Å². The van der Waals surface area contributed by atoms with Crippen LogP contribution in [0.15, 0.2) is 24.3 Å². The lowest BCUT2D eigenvalue weighted by Crippen LogP contribution is -2.50. The van der Waals surface area contributed by atoms with Gasteiger partial charge in [-0.2, -0.15) is 0 Å². The van der Waals surface area contributed by atoms with Crippen molar-refractivity contribution in [3.63, 3.8) is 0 Å². The zero-order valence-electron chi connectivity index (χ0n) is 25.2. The van der Waals surface area contributed by atoms with Crippen LogP contribution in [0, 0.1) is 29.6 Å². The first kappa shape index (κ1) is 32.8. The van der Waals surface area contributed by atoms with Gasteiger partial charge in [0.1, 0.15) is 11.5 Å². The first-order chi connectivity index (χ1) is 16.4. The molecule has 208 valence electrons. The average molecular weight is 523 g/mol. The number of carbonyl (C=O) groups excluding carboxylic acids is 1. The third-order valence-corrected chi connectivity index (χ3v) is 12.6. The minimum Gasteiger partial charge on any atom is -0.497 e. The van der Waals surface area contributed by atoms with Crippen LogP contribution >= 0.6 is 0 Å². The Morgan fingerprint density at radius 1 is 0.889 bits per heavy atom. The van der Waals surface area contributed by atoms with Crippen molar-refractivity contribution in [3.8, 4) is 5.75 Å². The van der Waals surface area contributed by atoms with Crippen LogP contribution in [-0.4, -0.2) is 44.6 Å². The molecule has 0 amide bonds. The standard InChI is InChI=1S/C30H54O5Si/c1-19(2)28(34-18-24-14-16-25(33-11)17-15-24)22(6)26(31)21(5)27(32)23(7)29(20(3)4)35-36(12,13)30(8,9)10/h14-17,19-23,26,28-29,31H,18H2,1-13H3/t21-,22+,23-,26+,28+,29-/m1/s1. The number of ether oxygens (including phenoxy) is 2. The van der Waals surface area contributed by atoms with Crippen molar-refractivity contribution in [2.75, 3.05) is 7.11 Å². The number of methoxy groups -OCH3 is 1. The second-order valence-corrected chi connectivity index (χ2v) is 17.5. The number of hydrogen-bond acceptors (Lipinski definition) is 5. The SMILES string of the molecule is COc1ccc(CO[C@@H](C(C)C)[C@@H](C)[C@@H](O)[C@@H](C)C(=O)[C@@H](C)[C@H](O[Si](C)(C)C(C)(C)C)C(C)C)cc1. The molecule has 0 saturated heterocycles. The Kier molecular flexibility index (Phi) is 12.3. The molecule has 0 spiro atoms. The normalized spacial score (nSPS) is 18.0. The maximum absolute atomic E-state index is 13.6. The fourth-order valence-electron chi connectivity index (χ4n) is 4.59. The molecule has 36 heavy (non-hydrogen) atoms. The topological polar surface area (TPSA) is 65.0 Å². The van der Waals surface area contributed by atoms with Gasteiger partial charge in [0.05, 0.1) is 32.0 Å². The third kappa shape index (κ3) is 8.68. The summed E-state index contributed by atoms with van der Waals surface area (Å²) in [7, 11) is -0.399. The fraction of sp³-hybridized carbons (Fsp3) is 0.767. The monoisotopic (exact) mass is 522 g/mol. The first-order valence-electron chi connectivity index (χ1n) is 13.6. The predicted molar refractivity (Wildman–Crippen MR) is 152 cm³/mol. The Morgan fingerprint density at radius 2 is 1.39 bits per heavy atom. The van der Waals surface area contributed by atoms with Gasteiger partial charge in [0.15, 0.2) is 8.32 Å². The summed E-state index contributed by atoms with van der Waals surface area (Å²) >= 11 is 0. The Hall–Kier alpha value is -1.21. The number of aliphatic hydroxyl groups is 1. The Morgan fingerprint density at radius 3 is 1.81 bits per heavy atom. The van der Waals surface area contributed by atoms with Crippen molar-refractivity contribution in [1.82, 2.24) is 0 Å². The second kappa shape index (κ2) is 13.5. The highest BCUT2D eigenvalue weighted by molar-refractivity contribution is 6.74. The minimum atomic E-state index is -2.05. The van der Waals surface area contributed by atoms with E-state index in [9.17, 15) is 9.90 Å². The van der Waals surface area contributed by atoms with E-state index >= 15 is 0 Å². The summed E-state index contributed by atoms with van der Waals surface area (Å²) in [6, 6.07) is 7.81. The van der Waals surface area contributed by atoms with Gasteiger partial charge in [-0.1, -0.05) is 81.4 Å². The number of hydrogen-bond donors (Lipinski definition) is 1. The molecule has 1 aromatic rings. The first-order valence-corrected chi connectivity index (χ1v) is 16.5. The van der Waals surface area contributed by atoms with Crippen LogP contribution in [0.25, 0.3) is 0 Å². The molecule has 0 fully saturated rings. The van der Waals surface area contributed by atoms with E-state index in [1.165, 1.54) is 0 Å². The van der Waals surface area contributed by atoms with Crippen LogP contribution in [0.5, 0.6) is 5.75 Å². The molecular formula is C30H54O5Si. The van der Waals surface area contributed by atoms with Crippen LogP contribution in [0.4, 0.5) is 0 Å². The van der Waals surface area contributed by atoms with Crippen molar-refractivity contribution in [3.05, 3.63) is 29.8 Å². The zero-order chi connectivity index (χ0) is 28.0. The van der Waals surface area contributed by atoms with Crippen LogP contribution < -0.4 is 4.74 Å². The lowest BCUT2D eigenvalue weighted by Gasteiger charge is -2.42. The highest BCUT2D eigenvalue weighted by atomic mass is 28.4. The van der Waals surface area contributed by atoms with Gasteiger partial charge in [0, 0.05) is 17.8 Å². The molecular weight excluding hydrogens is 468 g/mol. The quantitative estimate of drug-likeness (QED) is 0.264. The van der Waals surface area contributed by atoms with Crippen LogP contribution in [0.3, 0.4) is 0 Å². The Bertz CT molecular complexity index is 797. The second-order valence-electron chi connectivity index (χ2n) is 12.8. The molecule has 0 aliphatic rings. The average Bonchev–Trinajstić information content (AvgIpc) is 2.79. The molecule has 0 aromatic heterocycles. The molecule has 1 rings (SSSR count). The maximum atomic E-state index is 13.6.